The Morgan fingerprint density at radius 1 is 1.17 bits per heavy atom. The summed E-state index contributed by atoms with van der Waals surface area (Å²) in [4.78, 5) is 28.7. The molecule has 0 spiro atoms. The molecule has 2 saturated heterocycles. The molecule has 158 valence electrons. The molecule has 1 N–H and O–H groups in total. The molecule has 2 aromatic rings. The highest BCUT2D eigenvalue weighted by molar-refractivity contribution is 6.03. The monoisotopic (exact) mass is 411 g/mol. The fraction of sp³-hybridized carbons (Fsp3) is 0.391. The van der Waals surface area contributed by atoms with Gasteiger partial charge in [-0.05, 0) is 42.3 Å². The van der Waals surface area contributed by atoms with Crippen molar-refractivity contribution in [3.63, 3.8) is 0 Å². The Morgan fingerprint density at radius 2 is 1.90 bits per heavy atom. The highest BCUT2D eigenvalue weighted by Crippen LogP contribution is 2.28. The zero-order valence-electron chi connectivity index (χ0n) is 17.1. The van der Waals surface area contributed by atoms with Crippen LogP contribution in [0.25, 0.3) is 0 Å². The number of benzene rings is 2. The standard InChI is InChI=1S/C23H26FN3O3/c1-2-16-3-6-19(7-4-16)27-15-17(13-22(27)28)23(29)25-18-5-8-21(20(24)14-18)26-9-11-30-12-10-26/h3-8,14,17H,2,9-13,15H2,1H3,(H,25,29). The van der Waals surface area contributed by atoms with E-state index >= 15 is 0 Å². The van der Waals surface area contributed by atoms with Crippen molar-refractivity contribution in [2.45, 2.75) is 19.8 Å². The Labute approximate surface area is 175 Å². The summed E-state index contributed by atoms with van der Waals surface area (Å²) in [5.74, 6) is -1.19. The van der Waals surface area contributed by atoms with E-state index < -0.39 is 5.92 Å². The van der Waals surface area contributed by atoms with Gasteiger partial charge in [-0.1, -0.05) is 19.1 Å². The topological polar surface area (TPSA) is 61.9 Å². The Bertz CT molecular complexity index is 926. The maximum Gasteiger partial charge on any atom is 0.229 e. The number of morpholine rings is 1. The van der Waals surface area contributed by atoms with E-state index in [2.05, 4.69) is 12.2 Å². The number of ether oxygens (including phenoxy) is 1. The van der Waals surface area contributed by atoms with E-state index in [1.807, 2.05) is 29.2 Å². The summed E-state index contributed by atoms with van der Waals surface area (Å²) in [5.41, 5.74) is 2.90. The number of carbonyl (C=O) groups excluding carboxylic acids is 2. The van der Waals surface area contributed by atoms with Gasteiger partial charge in [-0.15, -0.1) is 0 Å². The number of nitrogens with one attached hydrogen (secondary N) is 1. The highest BCUT2D eigenvalue weighted by atomic mass is 19.1. The van der Waals surface area contributed by atoms with Crippen LogP contribution in [0, 0.1) is 11.7 Å². The summed E-state index contributed by atoms with van der Waals surface area (Å²) in [7, 11) is 0. The molecular formula is C23H26FN3O3. The molecule has 1 unspecified atom stereocenters. The zero-order chi connectivity index (χ0) is 21.1. The van der Waals surface area contributed by atoms with E-state index in [4.69, 9.17) is 4.74 Å². The second kappa shape index (κ2) is 8.83. The van der Waals surface area contributed by atoms with Crippen LogP contribution >= 0.6 is 0 Å². The molecule has 0 radical (unpaired) electrons. The lowest BCUT2D eigenvalue weighted by molar-refractivity contribution is -0.122. The van der Waals surface area contributed by atoms with E-state index in [9.17, 15) is 14.0 Å². The molecule has 2 aromatic carbocycles. The van der Waals surface area contributed by atoms with Crippen LogP contribution in [0.4, 0.5) is 21.5 Å². The van der Waals surface area contributed by atoms with Gasteiger partial charge in [-0.2, -0.15) is 0 Å². The maximum atomic E-state index is 14.6. The van der Waals surface area contributed by atoms with E-state index in [1.54, 1.807) is 17.0 Å². The molecule has 6 nitrogen and oxygen atoms in total. The van der Waals surface area contributed by atoms with E-state index in [-0.39, 0.29) is 24.1 Å². The third kappa shape index (κ3) is 4.31. The van der Waals surface area contributed by atoms with Crippen LogP contribution in [0.3, 0.4) is 0 Å². The molecule has 1 atom stereocenters. The Balaban J connectivity index is 1.40. The van der Waals surface area contributed by atoms with Crippen molar-refractivity contribution < 1.29 is 18.7 Å². The third-order valence-electron chi connectivity index (χ3n) is 5.72. The van der Waals surface area contributed by atoms with Gasteiger partial charge in [-0.25, -0.2) is 4.39 Å². The molecular weight excluding hydrogens is 385 g/mol. The van der Waals surface area contributed by atoms with Crippen LogP contribution in [0.15, 0.2) is 42.5 Å². The molecule has 30 heavy (non-hydrogen) atoms. The molecule has 4 rings (SSSR count). The van der Waals surface area contributed by atoms with Crippen molar-refractivity contribution in [1.29, 1.82) is 0 Å². The molecule has 0 aromatic heterocycles. The van der Waals surface area contributed by atoms with Gasteiger partial charge in [0.05, 0.1) is 24.8 Å². The van der Waals surface area contributed by atoms with Crippen molar-refractivity contribution in [3.05, 3.63) is 53.8 Å². The molecule has 0 bridgehead atoms. The van der Waals surface area contributed by atoms with Gasteiger partial charge in [0, 0.05) is 37.4 Å². The van der Waals surface area contributed by atoms with Gasteiger partial charge in [0.15, 0.2) is 0 Å². The predicted octanol–water partition coefficient (Wildman–Crippen LogP) is 3.22. The number of aryl methyl sites for hydroxylation is 1. The normalized spacial score (nSPS) is 19.3. The second-order valence-electron chi connectivity index (χ2n) is 7.68. The van der Waals surface area contributed by atoms with Crippen molar-refractivity contribution in [3.8, 4) is 0 Å². The Kier molecular flexibility index (Phi) is 5.99. The van der Waals surface area contributed by atoms with Crippen LogP contribution in [-0.4, -0.2) is 44.7 Å². The summed E-state index contributed by atoms with van der Waals surface area (Å²) in [6.07, 6.45) is 1.08. The number of halogens is 1. The van der Waals surface area contributed by atoms with Gasteiger partial charge >= 0.3 is 0 Å². The first-order chi connectivity index (χ1) is 14.5. The fourth-order valence-corrected chi connectivity index (χ4v) is 3.93. The number of rotatable bonds is 5. The van der Waals surface area contributed by atoms with E-state index in [0.717, 1.165) is 12.1 Å². The quantitative estimate of drug-likeness (QED) is 0.821. The van der Waals surface area contributed by atoms with Crippen molar-refractivity contribution in [2.75, 3.05) is 48.0 Å². The summed E-state index contributed by atoms with van der Waals surface area (Å²) >= 11 is 0. The highest BCUT2D eigenvalue weighted by Gasteiger charge is 2.35. The van der Waals surface area contributed by atoms with Crippen LogP contribution in [-0.2, 0) is 20.7 Å². The van der Waals surface area contributed by atoms with Gasteiger partial charge in [0.25, 0.3) is 0 Å². The molecule has 2 heterocycles. The maximum absolute atomic E-state index is 14.6. The molecule has 0 saturated carbocycles. The Hall–Kier alpha value is -2.93. The average Bonchev–Trinajstić information content (AvgIpc) is 3.16. The molecule has 7 heteroatoms. The average molecular weight is 411 g/mol. The molecule has 2 aliphatic heterocycles. The first-order valence-electron chi connectivity index (χ1n) is 10.4. The molecule has 0 aliphatic carbocycles. The second-order valence-corrected chi connectivity index (χ2v) is 7.68. The number of anilines is 3. The van der Waals surface area contributed by atoms with E-state index in [1.165, 1.54) is 11.6 Å². The van der Waals surface area contributed by atoms with Crippen molar-refractivity contribution in [1.82, 2.24) is 0 Å². The SMILES string of the molecule is CCc1ccc(N2CC(C(=O)Nc3ccc(N4CCOCC4)c(F)c3)CC2=O)cc1. The minimum absolute atomic E-state index is 0.0757. The zero-order valence-corrected chi connectivity index (χ0v) is 17.1. The van der Waals surface area contributed by atoms with Gasteiger partial charge in [0.1, 0.15) is 5.82 Å². The van der Waals surface area contributed by atoms with Gasteiger partial charge < -0.3 is 19.9 Å². The van der Waals surface area contributed by atoms with Crippen molar-refractivity contribution >= 4 is 28.9 Å². The molecule has 2 aliphatic rings. The lowest BCUT2D eigenvalue weighted by atomic mass is 10.1. The van der Waals surface area contributed by atoms with Gasteiger partial charge in [-0.3, -0.25) is 9.59 Å². The molecule has 2 fully saturated rings. The van der Waals surface area contributed by atoms with Crippen molar-refractivity contribution in [2.24, 2.45) is 5.92 Å². The summed E-state index contributed by atoms with van der Waals surface area (Å²) in [6.45, 7) is 4.83. The number of hydrogen-bond acceptors (Lipinski definition) is 4. The Morgan fingerprint density at radius 3 is 2.57 bits per heavy atom. The summed E-state index contributed by atoms with van der Waals surface area (Å²) in [5, 5.41) is 2.76. The number of amides is 2. The summed E-state index contributed by atoms with van der Waals surface area (Å²) < 4.78 is 19.9. The van der Waals surface area contributed by atoms with Crippen LogP contribution in [0.1, 0.15) is 18.9 Å². The predicted molar refractivity (Wildman–Crippen MR) is 114 cm³/mol. The van der Waals surface area contributed by atoms with Crippen LogP contribution < -0.4 is 15.1 Å². The van der Waals surface area contributed by atoms with E-state index in [0.29, 0.717) is 44.2 Å². The number of nitrogens with zero attached hydrogens (tertiary/aromatic N) is 2. The number of carbonyl (C=O) groups is 2. The first-order valence-corrected chi connectivity index (χ1v) is 10.4. The smallest absolute Gasteiger partial charge is 0.229 e. The number of hydrogen-bond donors (Lipinski definition) is 1. The van der Waals surface area contributed by atoms with Crippen LogP contribution in [0.2, 0.25) is 0 Å². The largest absolute Gasteiger partial charge is 0.378 e. The van der Waals surface area contributed by atoms with Gasteiger partial charge in [0.2, 0.25) is 11.8 Å². The van der Waals surface area contributed by atoms with Crippen LogP contribution in [0.5, 0.6) is 0 Å². The first kappa shape index (κ1) is 20.3. The third-order valence-corrected chi connectivity index (χ3v) is 5.72. The minimum atomic E-state index is -0.467. The molecule has 2 amide bonds. The minimum Gasteiger partial charge on any atom is -0.378 e. The fourth-order valence-electron chi connectivity index (χ4n) is 3.93. The lowest BCUT2D eigenvalue weighted by Crippen LogP contribution is -2.36. The summed E-state index contributed by atoms with van der Waals surface area (Å²) in [6, 6.07) is 12.5. The lowest BCUT2D eigenvalue weighted by Gasteiger charge is -2.29.